The molecule has 3 heteroatoms. The van der Waals surface area contributed by atoms with Crippen LogP contribution in [0, 0.1) is 0 Å². The molecule has 2 rings (SSSR count). The lowest BCUT2D eigenvalue weighted by Crippen LogP contribution is -2.13. The highest BCUT2D eigenvalue weighted by molar-refractivity contribution is 5.44. The van der Waals surface area contributed by atoms with Crippen LogP contribution in [0.3, 0.4) is 0 Å². The van der Waals surface area contributed by atoms with Crippen LogP contribution in [-0.4, -0.2) is 4.98 Å². The third kappa shape index (κ3) is 3.29. The predicted molar refractivity (Wildman–Crippen MR) is 83.2 cm³/mol. The second-order valence-electron chi connectivity index (χ2n) is 5.94. The lowest BCUT2D eigenvalue weighted by Gasteiger charge is -2.23. The largest absolute Gasteiger partial charge is 0.439 e. The molecule has 0 atom stereocenters. The Hall–Kier alpha value is -2.03. The number of aryl methyl sites for hydroxylation is 1. The summed E-state index contributed by atoms with van der Waals surface area (Å²) in [5.74, 6) is 1.83. The minimum Gasteiger partial charge on any atom is -0.439 e. The van der Waals surface area contributed by atoms with E-state index in [0.717, 1.165) is 12.2 Å². The second-order valence-corrected chi connectivity index (χ2v) is 5.94. The molecule has 0 unspecified atom stereocenters. The van der Waals surface area contributed by atoms with E-state index >= 15 is 0 Å². The van der Waals surface area contributed by atoms with Gasteiger partial charge in [-0.2, -0.15) is 4.98 Å². The van der Waals surface area contributed by atoms with E-state index in [4.69, 9.17) is 10.5 Å². The molecular formula is C17H22N2O. The number of rotatable bonds is 3. The molecule has 0 aliphatic rings. The first kappa shape index (κ1) is 14.4. The van der Waals surface area contributed by atoms with E-state index in [1.165, 1.54) is 11.1 Å². The fraction of sp³-hybridized carbons (Fsp3) is 0.353. The van der Waals surface area contributed by atoms with Gasteiger partial charge in [0.2, 0.25) is 5.88 Å². The average Bonchev–Trinajstić information content (AvgIpc) is 2.38. The lowest BCUT2D eigenvalue weighted by molar-refractivity contribution is 0.440. The molecule has 20 heavy (non-hydrogen) atoms. The van der Waals surface area contributed by atoms with Crippen molar-refractivity contribution in [3.05, 3.63) is 47.5 Å². The van der Waals surface area contributed by atoms with Gasteiger partial charge >= 0.3 is 0 Å². The Bertz CT molecular complexity index is 600. The van der Waals surface area contributed by atoms with E-state index in [1.54, 1.807) is 6.07 Å². The Morgan fingerprint density at radius 3 is 2.50 bits per heavy atom. The van der Waals surface area contributed by atoms with Crippen molar-refractivity contribution in [2.75, 3.05) is 5.73 Å². The van der Waals surface area contributed by atoms with E-state index in [0.29, 0.717) is 11.7 Å². The summed E-state index contributed by atoms with van der Waals surface area (Å²) in [4.78, 5) is 4.19. The molecular weight excluding hydrogens is 248 g/mol. The van der Waals surface area contributed by atoms with E-state index in [2.05, 4.69) is 44.8 Å². The van der Waals surface area contributed by atoms with Crippen LogP contribution >= 0.6 is 0 Å². The standard InChI is InChI=1S/C17H22N2O/c1-5-12-9-10-14(13(11-12)17(2,3)4)20-16-8-6-7-15(18)19-16/h6-11H,5H2,1-4H3,(H2,18,19). The summed E-state index contributed by atoms with van der Waals surface area (Å²) in [7, 11) is 0. The van der Waals surface area contributed by atoms with Crippen molar-refractivity contribution < 1.29 is 4.74 Å². The number of ether oxygens (including phenoxy) is 1. The normalized spacial score (nSPS) is 11.4. The first-order chi connectivity index (χ1) is 9.40. The van der Waals surface area contributed by atoms with Gasteiger partial charge in [-0.05, 0) is 29.5 Å². The maximum absolute atomic E-state index is 5.93. The van der Waals surface area contributed by atoms with Crippen molar-refractivity contribution in [3.63, 3.8) is 0 Å². The fourth-order valence-electron chi connectivity index (χ4n) is 2.07. The van der Waals surface area contributed by atoms with Crippen LogP contribution in [0.4, 0.5) is 5.82 Å². The summed E-state index contributed by atoms with van der Waals surface area (Å²) < 4.78 is 5.93. The van der Waals surface area contributed by atoms with E-state index < -0.39 is 0 Å². The minimum atomic E-state index is 0.0147. The van der Waals surface area contributed by atoms with E-state index in [-0.39, 0.29) is 5.41 Å². The maximum Gasteiger partial charge on any atom is 0.221 e. The van der Waals surface area contributed by atoms with Crippen molar-refractivity contribution in [1.29, 1.82) is 0 Å². The SMILES string of the molecule is CCc1ccc(Oc2cccc(N)n2)c(C(C)(C)C)c1. The zero-order valence-electron chi connectivity index (χ0n) is 12.6. The molecule has 0 bridgehead atoms. The lowest BCUT2D eigenvalue weighted by atomic mass is 9.85. The summed E-state index contributed by atoms with van der Waals surface area (Å²) in [6.45, 7) is 8.70. The highest BCUT2D eigenvalue weighted by Crippen LogP contribution is 2.34. The van der Waals surface area contributed by atoms with Gasteiger partial charge < -0.3 is 10.5 Å². The third-order valence-electron chi connectivity index (χ3n) is 3.22. The van der Waals surface area contributed by atoms with Gasteiger partial charge in [-0.15, -0.1) is 0 Å². The highest BCUT2D eigenvalue weighted by Gasteiger charge is 2.20. The smallest absolute Gasteiger partial charge is 0.221 e. The molecule has 1 aromatic heterocycles. The van der Waals surface area contributed by atoms with Crippen LogP contribution in [-0.2, 0) is 11.8 Å². The van der Waals surface area contributed by atoms with Crippen LogP contribution in [0.25, 0.3) is 0 Å². The monoisotopic (exact) mass is 270 g/mol. The number of hydrogen-bond acceptors (Lipinski definition) is 3. The molecule has 0 radical (unpaired) electrons. The van der Waals surface area contributed by atoms with Gasteiger partial charge in [-0.1, -0.05) is 45.9 Å². The number of benzene rings is 1. The summed E-state index contributed by atoms with van der Waals surface area (Å²) in [6.07, 6.45) is 1.01. The van der Waals surface area contributed by atoms with Crippen LogP contribution in [0.1, 0.15) is 38.8 Å². The number of nitrogens with two attached hydrogens (primary N) is 1. The number of hydrogen-bond donors (Lipinski definition) is 1. The molecule has 0 saturated carbocycles. The molecule has 2 aromatic rings. The maximum atomic E-state index is 5.93. The van der Waals surface area contributed by atoms with Crippen molar-refractivity contribution in [2.45, 2.75) is 39.5 Å². The van der Waals surface area contributed by atoms with Gasteiger partial charge in [0, 0.05) is 11.6 Å². The van der Waals surface area contributed by atoms with Crippen molar-refractivity contribution in [3.8, 4) is 11.6 Å². The van der Waals surface area contributed by atoms with Gasteiger partial charge in [-0.3, -0.25) is 0 Å². The average molecular weight is 270 g/mol. The molecule has 2 N–H and O–H groups in total. The van der Waals surface area contributed by atoms with E-state index in [9.17, 15) is 0 Å². The Kier molecular flexibility index (Phi) is 3.98. The van der Waals surface area contributed by atoms with Gasteiger partial charge in [0.1, 0.15) is 11.6 Å². The summed E-state index contributed by atoms with van der Waals surface area (Å²) in [6, 6.07) is 11.7. The fourth-order valence-corrected chi connectivity index (χ4v) is 2.07. The van der Waals surface area contributed by atoms with Crippen molar-refractivity contribution in [1.82, 2.24) is 4.98 Å². The number of aromatic nitrogens is 1. The molecule has 1 heterocycles. The summed E-state index contributed by atoms with van der Waals surface area (Å²) in [5, 5.41) is 0. The molecule has 0 fully saturated rings. The van der Waals surface area contributed by atoms with Crippen LogP contribution in [0.15, 0.2) is 36.4 Å². The topological polar surface area (TPSA) is 48.1 Å². The van der Waals surface area contributed by atoms with Crippen molar-refractivity contribution >= 4 is 5.82 Å². The molecule has 0 aliphatic carbocycles. The molecule has 0 amide bonds. The molecule has 0 spiro atoms. The number of nitrogens with zero attached hydrogens (tertiary/aromatic N) is 1. The van der Waals surface area contributed by atoms with E-state index in [1.807, 2.05) is 18.2 Å². The number of anilines is 1. The van der Waals surface area contributed by atoms with Gasteiger partial charge in [-0.25, -0.2) is 0 Å². The second kappa shape index (κ2) is 5.53. The van der Waals surface area contributed by atoms with Crippen LogP contribution in [0.5, 0.6) is 11.6 Å². The highest BCUT2D eigenvalue weighted by atomic mass is 16.5. The predicted octanol–water partition coefficient (Wildman–Crippen LogP) is 4.32. The van der Waals surface area contributed by atoms with Gasteiger partial charge in [0.15, 0.2) is 0 Å². The Balaban J connectivity index is 2.41. The van der Waals surface area contributed by atoms with Crippen molar-refractivity contribution in [2.24, 2.45) is 0 Å². The first-order valence-electron chi connectivity index (χ1n) is 6.94. The Morgan fingerprint density at radius 1 is 1.15 bits per heavy atom. The zero-order chi connectivity index (χ0) is 14.8. The van der Waals surface area contributed by atoms with Crippen LogP contribution in [0.2, 0.25) is 0 Å². The summed E-state index contributed by atoms with van der Waals surface area (Å²) in [5.41, 5.74) is 8.20. The quantitative estimate of drug-likeness (QED) is 0.903. The third-order valence-corrected chi connectivity index (χ3v) is 3.22. The minimum absolute atomic E-state index is 0.0147. The first-order valence-corrected chi connectivity index (χ1v) is 6.94. The number of pyridine rings is 1. The molecule has 1 aromatic carbocycles. The Morgan fingerprint density at radius 2 is 1.90 bits per heavy atom. The Labute approximate surface area is 120 Å². The van der Waals surface area contributed by atoms with Gasteiger partial charge in [0.25, 0.3) is 0 Å². The molecule has 106 valence electrons. The molecule has 3 nitrogen and oxygen atoms in total. The zero-order valence-corrected chi connectivity index (χ0v) is 12.6. The summed E-state index contributed by atoms with van der Waals surface area (Å²) >= 11 is 0. The van der Waals surface area contributed by atoms with Gasteiger partial charge in [0.05, 0.1) is 0 Å². The van der Waals surface area contributed by atoms with Crippen LogP contribution < -0.4 is 10.5 Å². The number of nitrogen functional groups attached to an aromatic ring is 1. The molecule has 0 aliphatic heterocycles. The molecule has 0 saturated heterocycles.